The molecular formula is C7H10ClN3O. The molecule has 66 valence electrons. The average Bonchev–Trinajstić information content (AvgIpc) is 2.05. The van der Waals surface area contributed by atoms with Crippen molar-refractivity contribution < 1.29 is 5.21 Å². The van der Waals surface area contributed by atoms with Gasteiger partial charge in [-0.15, -0.1) is 12.4 Å². The number of anilines is 1. The smallest absolute Gasteiger partial charge is 0.217 e. The van der Waals surface area contributed by atoms with Gasteiger partial charge >= 0.3 is 0 Å². The number of guanidine groups is 1. The van der Waals surface area contributed by atoms with E-state index in [9.17, 15) is 0 Å². The molecule has 0 spiro atoms. The van der Waals surface area contributed by atoms with Gasteiger partial charge in [-0.25, -0.2) is 0 Å². The highest BCUT2D eigenvalue weighted by molar-refractivity contribution is 5.89. The lowest BCUT2D eigenvalue weighted by molar-refractivity contribution is 0.310. The van der Waals surface area contributed by atoms with Crippen LogP contribution in [0.3, 0.4) is 0 Å². The summed E-state index contributed by atoms with van der Waals surface area (Å²) in [7, 11) is 0. The maximum atomic E-state index is 9.08. The lowest BCUT2D eigenvalue weighted by Crippen LogP contribution is -2.33. The molecule has 0 atom stereocenters. The van der Waals surface area contributed by atoms with Crippen molar-refractivity contribution in [3.8, 4) is 0 Å². The number of nitrogens with one attached hydrogen (secondary N) is 1. The highest BCUT2D eigenvalue weighted by Gasteiger charge is 2.02. The number of benzene rings is 1. The summed E-state index contributed by atoms with van der Waals surface area (Å²) in [5.41, 5.74) is 5.51. The molecule has 1 aromatic rings. The molecular weight excluding hydrogens is 178 g/mol. The maximum absolute atomic E-state index is 9.08. The van der Waals surface area contributed by atoms with Crippen LogP contribution >= 0.6 is 12.4 Å². The molecule has 0 radical (unpaired) electrons. The number of hydrogen-bond acceptors (Lipinski definition) is 2. The Balaban J connectivity index is 0.00000121. The summed E-state index contributed by atoms with van der Waals surface area (Å²) in [6, 6.07) is 8.63. The van der Waals surface area contributed by atoms with E-state index >= 15 is 0 Å². The lowest BCUT2D eigenvalue weighted by atomic mass is 10.3. The van der Waals surface area contributed by atoms with E-state index in [0.717, 1.165) is 0 Å². The zero-order valence-electron chi connectivity index (χ0n) is 6.27. The van der Waals surface area contributed by atoms with Crippen LogP contribution in [0.2, 0.25) is 0 Å². The molecule has 4 nitrogen and oxygen atoms in total. The number of para-hydroxylation sites is 1. The van der Waals surface area contributed by atoms with E-state index in [1.807, 2.05) is 6.07 Å². The van der Waals surface area contributed by atoms with E-state index in [4.69, 9.17) is 16.4 Å². The second-order valence-corrected chi connectivity index (χ2v) is 2.03. The molecule has 0 aliphatic heterocycles. The van der Waals surface area contributed by atoms with Gasteiger partial charge in [0.05, 0.1) is 5.69 Å². The van der Waals surface area contributed by atoms with Crippen LogP contribution in [0.25, 0.3) is 0 Å². The Morgan fingerprint density at radius 3 is 2.25 bits per heavy atom. The molecule has 0 aliphatic carbocycles. The average molecular weight is 188 g/mol. The van der Waals surface area contributed by atoms with Crippen molar-refractivity contribution in [2.24, 2.45) is 5.73 Å². The third-order valence-corrected chi connectivity index (χ3v) is 1.23. The van der Waals surface area contributed by atoms with Crippen LogP contribution in [0, 0.1) is 5.41 Å². The molecule has 0 amide bonds. The minimum Gasteiger partial charge on any atom is -0.368 e. The number of halogens is 1. The van der Waals surface area contributed by atoms with E-state index < -0.39 is 5.96 Å². The highest BCUT2D eigenvalue weighted by atomic mass is 35.5. The van der Waals surface area contributed by atoms with Gasteiger partial charge in [0.1, 0.15) is 0 Å². The van der Waals surface area contributed by atoms with Crippen LogP contribution < -0.4 is 10.8 Å². The topological polar surface area (TPSA) is 73.3 Å². The van der Waals surface area contributed by atoms with Crippen molar-refractivity contribution in [2.75, 3.05) is 5.06 Å². The Labute approximate surface area is 76.5 Å². The van der Waals surface area contributed by atoms with E-state index in [1.54, 1.807) is 24.3 Å². The Kier molecular flexibility index (Phi) is 4.10. The first-order valence-electron chi connectivity index (χ1n) is 3.10. The summed E-state index contributed by atoms with van der Waals surface area (Å²) in [6.45, 7) is 0. The molecule has 12 heavy (non-hydrogen) atoms. The SMILES string of the molecule is Cl.N=C(N)N(O)c1ccccc1. The van der Waals surface area contributed by atoms with Gasteiger partial charge in [-0.2, -0.15) is 5.06 Å². The van der Waals surface area contributed by atoms with Gasteiger partial charge in [-0.05, 0) is 12.1 Å². The molecule has 1 rings (SSSR count). The monoisotopic (exact) mass is 187 g/mol. The molecule has 1 aromatic carbocycles. The fraction of sp³-hybridized carbons (Fsp3) is 0. The van der Waals surface area contributed by atoms with Crippen LogP contribution in [0.15, 0.2) is 30.3 Å². The second-order valence-electron chi connectivity index (χ2n) is 2.03. The number of nitrogens with two attached hydrogens (primary N) is 1. The molecule has 0 unspecified atom stereocenters. The first-order chi connectivity index (χ1) is 5.22. The molecule has 0 aromatic heterocycles. The zero-order valence-corrected chi connectivity index (χ0v) is 7.08. The van der Waals surface area contributed by atoms with Crippen LogP contribution in [-0.4, -0.2) is 11.2 Å². The lowest BCUT2D eigenvalue weighted by Gasteiger charge is -2.12. The van der Waals surface area contributed by atoms with Gasteiger partial charge in [-0.1, -0.05) is 18.2 Å². The van der Waals surface area contributed by atoms with Crippen LogP contribution in [0.4, 0.5) is 5.69 Å². The number of nitrogens with zero attached hydrogens (tertiary/aromatic N) is 1. The predicted octanol–water partition coefficient (Wildman–Crippen LogP) is 1.20. The third kappa shape index (κ3) is 2.41. The molecule has 0 saturated heterocycles. The summed E-state index contributed by atoms with van der Waals surface area (Å²) in [4.78, 5) is 0. The van der Waals surface area contributed by atoms with Gasteiger partial charge in [0.2, 0.25) is 5.96 Å². The van der Waals surface area contributed by atoms with Gasteiger partial charge in [0.25, 0.3) is 0 Å². The maximum Gasteiger partial charge on any atom is 0.217 e. The van der Waals surface area contributed by atoms with Crippen LogP contribution in [0.1, 0.15) is 0 Å². The largest absolute Gasteiger partial charge is 0.368 e. The minimum absolute atomic E-state index is 0. The number of rotatable bonds is 1. The fourth-order valence-corrected chi connectivity index (χ4v) is 0.708. The summed E-state index contributed by atoms with van der Waals surface area (Å²) in [5, 5.41) is 16.6. The Morgan fingerprint density at radius 2 is 1.83 bits per heavy atom. The Bertz CT molecular complexity index is 252. The summed E-state index contributed by atoms with van der Waals surface area (Å²) < 4.78 is 0. The van der Waals surface area contributed by atoms with Crippen molar-refractivity contribution in [2.45, 2.75) is 0 Å². The standard InChI is InChI=1S/C7H9N3O.ClH/c8-7(9)10(11)6-4-2-1-3-5-6;/h1-5,11H,(H3,8,9);1H. The van der Waals surface area contributed by atoms with E-state index in [-0.39, 0.29) is 12.4 Å². The molecule has 0 bridgehead atoms. The van der Waals surface area contributed by atoms with Crippen LogP contribution in [-0.2, 0) is 0 Å². The highest BCUT2D eigenvalue weighted by Crippen LogP contribution is 2.08. The normalized spacial score (nSPS) is 8.42. The predicted molar refractivity (Wildman–Crippen MR) is 49.9 cm³/mol. The van der Waals surface area contributed by atoms with E-state index in [2.05, 4.69) is 0 Å². The fourth-order valence-electron chi connectivity index (χ4n) is 0.708. The van der Waals surface area contributed by atoms with Gasteiger partial charge in [0, 0.05) is 0 Å². The summed E-state index contributed by atoms with van der Waals surface area (Å²) in [5.74, 6) is -0.392. The van der Waals surface area contributed by atoms with Crippen LogP contribution in [0.5, 0.6) is 0 Å². The first kappa shape index (κ1) is 10.7. The molecule has 0 heterocycles. The Morgan fingerprint density at radius 1 is 1.33 bits per heavy atom. The van der Waals surface area contributed by atoms with E-state index in [0.29, 0.717) is 10.8 Å². The third-order valence-electron chi connectivity index (χ3n) is 1.23. The molecule has 0 aliphatic rings. The van der Waals surface area contributed by atoms with Gasteiger partial charge in [-0.3, -0.25) is 10.6 Å². The number of hydroxylamine groups is 1. The van der Waals surface area contributed by atoms with Crippen molar-refractivity contribution in [3.05, 3.63) is 30.3 Å². The van der Waals surface area contributed by atoms with Crippen molar-refractivity contribution in [1.82, 2.24) is 0 Å². The molecule has 0 saturated carbocycles. The first-order valence-corrected chi connectivity index (χ1v) is 3.10. The van der Waals surface area contributed by atoms with Crippen molar-refractivity contribution in [3.63, 3.8) is 0 Å². The van der Waals surface area contributed by atoms with Gasteiger partial charge < -0.3 is 5.73 Å². The van der Waals surface area contributed by atoms with Gasteiger partial charge in [0.15, 0.2) is 0 Å². The summed E-state index contributed by atoms with van der Waals surface area (Å²) >= 11 is 0. The quantitative estimate of drug-likeness (QED) is 0.351. The summed E-state index contributed by atoms with van der Waals surface area (Å²) in [6.07, 6.45) is 0. The van der Waals surface area contributed by atoms with Crippen molar-refractivity contribution >= 4 is 24.1 Å². The van der Waals surface area contributed by atoms with E-state index in [1.165, 1.54) is 0 Å². The zero-order chi connectivity index (χ0) is 8.27. The Hall–Kier alpha value is -1.26. The molecule has 0 fully saturated rings. The van der Waals surface area contributed by atoms with Crippen molar-refractivity contribution in [1.29, 1.82) is 5.41 Å². The minimum atomic E-state index is -0.392. The molecule has 4 N–H and O–H groups in total. The number of hydrogen-bond donors (Lipinski definition) is 3. The second kappa shape index (κ2) is 4.58. The molecule has 5 heteroatoms.